The van der Waals surface area contributed by atoms with Crippen LogP contribution in [-0.2, 0) is 0 Å². The molecular formula is C13H20. The van der Waals surface area contributed by atoms with Crippen molar-refractivity contribution in [3.05, 3.63) is 34.9 Å². The van der Waals surface area contributed by atoms with E-state index in [0.29, 0.717) is 0 Å². The van der Waals surface area contributed by atoms with Gasteiger partial charge in [0.05, 0.1) is 0 Å². The molecule has 0 atom stereocenters. The summed E-state index contributed by atoms with van der Waals surface area (Å²) in [6, 6.07) is 6.65. The van der Waals surface area contributed by atoms with Crippen LogP contribution in [0.4, 0.5) is 0 Å². The Kier molecular flexibility index (Phi) is 3.53. The van der Waals surface area contributed by atoms with E-state index >= 15 is 0 Å². The summed E-state index contributed by atoms with van der Waals surface area (Å²) in [7, 11) is 0. The van der Waals surface area contributed by atoms with Crippen molar-refractivity contribution < 1.29 is 0 Å². The lowest BCUT2D eigenvalue weighted by molar-refractivity contribution is 1.08. The van der Waals surface area contributed by atoms with Crippen LogP contribution in [0.5, 0.6) is 0 Å². The molecule has 0 bridgehead atoms. The summed E-state index contributed by atoms with van der Waals surface area (Å²) >= 11 is 0. The average molecular weight is 176 g/mol. The summed E-state index contributed by atoms with van der Waals surface area (Å²) in [4.78, 5) is 0. The van der Waals surface area contributed by atoms with Crippen molar-refractivity contribution in [1.29, 1.82) is 0 Å². The zero-order valence-electron chi connectivity index (χ0n) is 9.22. The van der Waals surface area contributed by atoms with E-state index in [4.69, 9.17) is 0 Å². The third-order valence-electron chi connectivity index (χ3n) is 2.66. The predicted octanol–water partition coefficient (Wildman–Crippen LogP) is 4.21. The first kappa shape index (κ1) is 10.3. The minimum atomic E-state index is 0.898. The summed E-state index contributed by atoms with van der Waals surface area (Å²) in [5.41, 5.74) is 4.54. The molecule has 1 aliphatic rings. The van der Waals surface area contributed by atoms with Crippen molar-refractivity contribution in [2.24, 2.45) is 0 Å². The molecule has 13 heavy (non-hydrogen) atoms. The van der Waals surface area contributed by atoms with E-state index in [9.17, 15) is 0 Å². The van der Waals surface area contributed by atoms with Crippen LogP contribution in [0.25, 0.3) is 0 Å². The molecule has 2 rings (SSSR count). The molecule has 0 aliphatic heterocycles. The fourth-order valence-corrected chi connectivity index (χ4v) is 1.61. The van der Waals surface area contributed by atoms with Crippen molar-refractivity contribution in [3.63, 3.8) is 0 Å². The molecule has 0 N–H and O–H groups in total. The third-order valence-corrected chi connectivity index (χ3v) is 2.66. The molecule has 0 unspecified atom stereocenters. The SMILES string of the molecule is CC.Cc1cccc(C2CC2)c1C. The van der Waals surface area contributed by atoms with Crippen LogP contribution in [0, 0.1) is 13.8 Å². The molecule has 1 aromatic rings. The monoisotopic (exact) mass is 176 g/mol. The van der Waals surface area contributed by atoms with E-state index in [0.717, 1.165) is 5.92 Å². The molecule has 0 aromatic heterocycles. The molecule has 0 radical (unpaired) electrons. The van der Waals surface area contributed by atoms with Gasteiger partial charge in [-0.3, -0.25) is 0 Å². The second-order valence-corrected chi connectivity index (χ2v) is 3.56. The van der Waals surface area contributed by atoms with Crippen LogP contribution in [0.1, 0.15) is 49.3 Å². The van der Waals surface area contributed by atoms with Gasteiger partial charge >= 0.3 is 0 Å². The third kappa shape index (κ3) is 2.33. The Morgan fingerprint density at radius 3 is 2.23 bits per heavy atom. The van der Waals surface area contributed by atoms with Gasteiger partial charge in [-0.25, -0.2) is 0 Å². The van der Waals surface area contributed by atoms with Gasteiger partial charge in [-0.2, -0.15) is 0 Å². The zero-order valence-corrected chi connectivity index (χ0v) is 9.22. The Bertz CT molecular complexity index is 269. The van der Waals surface area contributed by atoms with Gasteiger partial charge in [0.1, 0.15) is 0 Å². The molecule has 0 heteroatoms. The van der Waals surface area contributed by atoms with Crippen LogP contribution in [-0.4, -0.2) is 0 Å². The van der Waals surface area contributed by atoms with Crippen LogP contribution in [0.15, 0.2) is 18.2 Å². The Balaban J connectivity index is 0.000000396. The van der Waals surface area contributed by atoms with Gasteiger partial charge in [0.2, 0.25) is 0 Å². The summed E-state index contributed by atoms with van der Waals surface area (Å²) < 4.78 is 0. The number of hydrogen-bond acceptors (Lipinski definition) is 0. The smallest absolute Gasteiger partial charge is 0.0159 e. The highest BCUT2D eigenvalue weighted by molar-refractivity contribution is 5.37. The first-order valence-corrected chi connectivity index (χ1v) is 5.35. The predicted molar refractivity (Wildman–Crippen MR) is 59.2 cm³/mol. The number of rotatable bonds is 1. The van der Waals surface area contributed by atoms with Crippen molar-refractivity contribution >= 4 is 0 Å². The molecule has 0 heterocycles. The molecule has 0 nitrogen and oxygen atoms in total. The maximum Gasteiger partial charge on any atom is -0.0159 e. The normalized spacial score (nSPS) is 14.8. The molecule has 0 saturated heterocycles. The van der Waals surface area contributed by atoms with Gasteiger partial charge < -0.3 is 0 Å². The Morgan fingerprint density at radius 2 is 1.69 bits per heavy atom. The minimum absolute atomic E-state index is 0.898. The van der Waals surface area contributed by atoms with Gasteiger partial charge in [0, 0.05) is 0 Å². The average Bonchev–Trinajstić information content (AvgIpc) is 2.97. The van der Waals surface area contributed by atoms with Gasteiger partial charge in [-0.1, -0.05) is 32.0 Å². The molecule has 0 amide bonds. The number of hydrogen-bond donors (Lipinski definition) is 0. The molecule has 72 valence electrons. The number of benzene rings is 1. The maximum absolute atomic E-state index is 2.28. The molecule has 0 spiro atoms. The van der Waals surface area contributed by atoms with Crippen LogP contribution in [0.3, 0.4) is 0 Å². The van der Waals surface area contributed by atoms with Crippen LogP contribution in [0.2, 0.25) is 0 Å². The van der Waals surface area contributed by atoms with E-state index in [1.807, 2.05) is 13.8 Å². The number of aryl methyl sites for hydroxylation is 1. The largest absolute Gasteiger partial charge is 0.0683 e. The Labute approximate surface area is 82.0 Å². The standard InChI is InChI=1S/C11H14.C2H6/c1-8-4-3-5-11(9(8)2)10-6-7-10;1-2/h3-5,10H,6-7H2,1-2H3;1-2H3. The molecule has 1 aromatic carbocycles. The Hall–Kier alpha value is -0.780. The van der Waals surface area contributed by atoms with Crippen molar-refractivity contribution in [3.8, 4) is 0 Å². The maximum atomic E-state index is 2.28. The summed E-state index contributed by atoms with van der Waals surface area (Å²) in [6.45, 7) is 8.43. The van der Waals surface area contributed by atoms with E-state index < -0.39 is 0 Å². The van der Waals surface area contributed by atoms with Gasteiger partial charge in [-0.05, 0) is 49.3 Å². The first-order valence-electron chi connectivity index (χ1n) is 5.35. The summed E-state index contributed by atoms with van der Waals surface area (Å²) in [5, 5.41) is 0. The van der Waals surface area contributed by atoms with Gasteiger partial charge in [0.15, 0.2) is 0 Å². The molecular weight excluding hydrogens is 156 g/mol. The highest BCUT2D eigenvalue weighted by Gasteiger charge is 2.24. The lowest BCUT2D eigenvalue weighted by Crippen LogP contribution is -1.88. The second kappa shape index (κ2) is 4.45. The van der Waals surface area contributed by atoms with E-state index in [1.165, 1.54) is 24.0 Å². The van der Waals surface area contributed by atoms with Gasteiger partial charge in [-0.15, -0.1) is 0 Å². The quantitative estimate of drug-likeness (QED) is 0.601. The van der Waals surface area contributed by atoms with Crippen molar-refractivity contribution in [2.75, 3.05) is 0 Å². The van der Waals surface area contributed by atoms with E-state index in [-0.39, 0.29) is 0 Å². The molecule has 1 fully saturated rings. The lowest BCUT2D eigenvalue weighted by atomic mass is 10.0. The highest BCUT2D eigenvalue weighted by Crippen LogP contribution is 2.41. The second-order valence-electron chi connectivity index (χ2n) is 3.56. The van der Waals surface area contributed by atoms with Gasteiger partial charge in [0.25, 0.3) is 0 Å². The van der Waals surface area contributed by atoms with Crippen molar-refractivity contribution in [1.82, 2.24) is 0 Å². The highest BCUT2D eigenvalue weighted by atomic mass is 14.3. The molecule has 1 saturated carbocycles. The van der Waals surface area contributed by atoms with Crippen molar-refractivity contribution in [2.45, 2.75) is 46.5 Å². The Morgan fingerprint density at radius 1 is 1.08 bits per heavy atom. The lowest BCUT2D eigenvalue weighted by Gasteiger charge is -2.05. The first-order chi connectivity index (χ1) is 6.29. The minimum Gasteiger partial charge on any atom is -0.0683 e. The topological polar surface area (TPSA) is 0 Å². The van der Waals surface area contributed by atoms with E-state index in [1.54, 1.807) is 5.56 Å². The van der Waals surface area contributed by atoms with E-state index in [2.05, 4.69) is 32.0 Å². The van der Waals surface area contributed by atoms with Crippen LogP contribution >= 0.6 is 0 Å². The fourth-order valence-electron chi connectivity index (χ4n) is 1.61. The summed E-state index contributed by atoms with van der Waals surface area (Å²) in [5.74, 6) is 0.898. The zero-order chi connectivity index (χ0) is 9.84. The van der Waals surface area contributed by atoms with Crippen LogP contribution < -0.4 is 0 Å². The fraction of sp³-hybridized carbons (Fsp3) is 0.538. The molecule has 1 aliphatic carbocycles. The summed E-state index contributed by atoms with van der Waals surface area (Å²) in [6.07, 6.45) is 2.81.